The second kappa shape index (κ2) is 6.92. The fourth-order valence-electron chi connectivity index (χ4n) is 1.94. The first-order valence-electron chi connectivity index (χ1n) is 6.67. The number of aromatic carboxylic acids is 1. The van der Waals surface area contributed by atoms with Gasteiger partial charge in [-0.15, -0.1) is 0 Å². The van der Waals surface area contributed by atoms with E-state index in [1.807, 2.05) is 0 Å². The Morgan fingerprint density at radius 1 is 0.889 bits per heavy atom. The fourth-order valence-corrected chi connectivity index (χ4v) is 3.32. The Morgan fingerprint density at radius 2 is 1.37 bits per heavy atom. The highest BCUT2D eigenvalue weighted by Crippen LogP contribution is 2.33. The molecule has 0 radical (unpaired) electrons. The predicted molar refractivity (Wildman–Crippen MR) is 89.7 cm³/mol. The van der Waals surface area contributed by atoms with Gasteiger partial charge in [0.1, 0.15) is 21.1 Å². The highest BCUT2D eigenvalue weighted by atomic mass is 32.2. The fraction of sp³-hybridized carbons (Fsp3) is 0. The van der Waals surface area contributed by atoms with Crippen LogP contribution in [0.3, 0.4) is 0 Å². The highest BCUT2D eigenvalue weighted by molar-refractivity contribution is 7.87. The summed E-state index contributed by atoms with van der Waals surface area (Å²) >= 11 is 0. The van der Waals surface area contributed by atoms with E-state index in [9.17, 15) is 26.7 Å². The minimum atomic E-state index is -4.96. The number of aromatic hydroxyl groups is 1. The van der Waals surface area contributed by atoms with Gasteiger partial charge in [-0.25, -0.2) is 4.79 Å². The summed E-state index contributed by atoms with van der Waals surface area (Å²) in [5.41, 5.74) is 3.44. The number of phenols is 1. The van der Waals surface area contributed by atoms with Gasteiger partial charge in [-0.05, 0) is 30.3 Å². The van der Waals surface area contributed by atoms with Crippen molar-refractivity contribution < 1.29 is 40.9 Å². The number of carbonyl (C=O) groups is 1. The van der Waals surface area contributed by atoms with Crippen molar-refractivity contribution in [3.05, 3.63) is 35.9 Å². The average molecular weight is 417 g/mol. The van der Waals surface area contributed by atoms with Gasteiger partial charge in [0, 0.05) is 0 Å². The number of nitrogens with two attached hydrogens (primary N) is 1. The van der Waals surface area contributed by atoms with E-state index < -0.39 is 58.7 Å². The van der Waals surface area contributed by atoms with Crippen molar-refractivity contribution in [2.75, 3.05) is 5.73 Å². The van der Waals surface area contributed by atoms with Gasteiger partial charge in [0.2, 0.25) is 0 Å². The zero-order valence-electron chi connectivity index (χ0n) is 13.0. The zero-order valence-corrected chi connectivity index (χ0v) is 14.6. The van der Waals surface area contributed by atoms with Crippen LogP contribution in [-0.2, 0) is 20.2 Å². The molecule has 0 unspecified atom stereocenters. The lowest BCUT2D eigenvalue weighted by atomic mass is 10.2. The van der Waals surface area contributed by atoms with E-state index in [0.29, 0.717) is 12.1 Å². The topological polar surface area (TPSA) is 217 Å². The number of benzene rings is 2. The van der Waals surface area contributed by atoms with Crippen LogP contribution in [0.1, 0.15) is 10.4 Å². The van der Waals surface area contributed by atoms with E-state index in [2.05, 4.69) is 10.2 Å². The molecule has 0 aliphatic heterocycles. The van der Waals surface area contributed by atoms with Crippen LogP contribution < -0.4 is 5.73 Å². The predicted octanol–water partition coefficient (Wildman–Crippen LogP) is 1.58. The Hall–Kier alpha value is -3.07. The number of nitrogen functional groups attached to an aromatic ring is 1. The highest BCUT2D eigenvalue weighted by Gasteiger charge is 2.24. The molecule has 27 heavy (non-hydrogen) atoms. The van der Waals surface area contributed by atoms with Crippen LogP contribution in [0, 0.1) is 0 Å². The minimum absolute atomic E-state index is 0.0798. The molecule has 6 N–H and O–H groups in total. The normalized spacial score (nSPS) is 12.4. The summed E-state index contributed by atoms with van der Waals surface area (Å²) in [6, 6.07) is 4.54. The molecule has 0 saturated carbocycles. The van der Waals surface area contributed by atoms with Gasteiger partial charge in [0.25, 0.3) is 20.2 Å². The third kappa shape index (κ3) is 4.56. The first-order valence-corrected chi connectivity index (χ1v) is 9.55. The lowest BCUT2D eigenvalue weighted by Gasteiger charge is -2.08. The van der Waals surface area contributed by atoms with Crippen LogP contribution in [-0.4, -0.2) is 42.1 Å². The standard InChI is InChI=1S/C13H11N3O9S2/c14-12-10(26(20,21)22)4-7(5-11(12)27(23,24)25)16-15-6-1-2-9(17)8(3-6)13(18)19/h1-5,17H,14H2,(H,18,19)(H,20,21,22)(H,23,24,25). The monoisotopic (exact) mass is 417 g/mol. The second-order valence-corrected chi connectivity index (χ2v) is 7.79. The summed E-state index contributed by atoms with van der Waals surface area (Å²) in [7, 11) is -9.92. The molecular weight excluding hydrogens is 406 g/mol. The van der Waals surface area contributed by atoms with Crippen molar-refractivity contribution in [2.45, 2.75) is 9.79 Å². The maximum atomic E-state index is 11.4. The maximum Gasteiger partial charge on any atom is 0.339 e. The molecule has 0 atom stereocenters. The molecule has 14 heteroatoms. The molecule has 0 aliphatic rings. The Morgan fingerprint density at radius 3 is 1.81 bits per heavy atom. The summed E-state index contributed by atoms with van der Waals surface area (Å²) in [5.74, 6) is -1.98. The van der Waals surface area contributed by atoms with E-state index in [0.717, 1.165) is 12.1 Å². The van der Waals surface area contributed by atoms with Crippen LogP contribution in [0.15, 0.2) is 50.4 Å². The molecule has 0 aromatic heterocycles. The van der Waals surface area contributed by atoms with E-state index in [1.165, 1.54) is 6.07 Å². The second-order valence-electron chi connectivity index (χ2n) is 5.01. The molecule has 0 saturated heterocycles. The quantitative estimate of drug-likeness (QED) is 0.268. The third-order valence-electron chi connectivity index (χ3n) is 3.14. The van der Waals surface area contributed by atoms with E-state index in [1.54, 1.807) is 0 Å². The summed E-state index contributed by atoms with van der Waals surface area (Å²) in [6.45, 7) is 0. The van der Waals surface area contributed by atoms with Gasteiger partial charge < -0.3 is 15.9 Å². The Balaban J connectivity index is 2.62. The molecular formula is C13H11N3O9S2. The smallest absolute Gasteiger partial charge is 0.339 e. The molecule has 0 fully saturated rings. The first-order chi connectivity index (χ1) is 12.3. The van der Waals surface area contributed by atoms with Crippen LogP contribution in [0.5, 0.6) is 5.75 Å². The molecule has 0 amide bonds. The summed E-state index contributed by atoms with van der Waals surface area (Å²) < 4.78 is 63.7. The molecule has 0 aliphatic carbocycles. The zero-order chi connectivity index (χ0) is 20.6. The lowest BCUT2D eigenvalue weighted by Crippen LogP contribution is -2.09. The van der Waals surface area contributed by atoms with Crippen molar-refractivity contribution in [2.24, 2.45) is 10.2 Å². The summed E-state index contributed by atoms with van der Waals surface area (Å²) in [4.78, 5) is 8.91. The molecule has 2 aromatic rings. The molecule has 144 valence electrons. The number of nitrogens with zero attached hydrogens (tertiary/aromatic N) is 2. The molecule has 0 spiro atoms. The van der Waals surface area contributed by atoms with Crippen molar-refractivity contribution in [3.63, 3.8) is 0 Å². The van der Waals surface area contributed by atoms with Gasteiger partial charge in [0.15, 0.2) is 0 Å². The van der Waals surface area contributed by atoms with Crippen LogP contribution >= 0.6 is 0 Å². The molecule has 2 rings (SSSR count). The third-order valence-corrected chi connectivity index (χ3v) is 4.92. The van der Waals surface area contributed by atoms with E-state index in [-0.39, 0.29) is 5.69 Å². The Kier molecular flexibility index (Phi) is 5.19. The SMILES string of the molecule is Nc1c(S(=O)(=O)O)cc(N=Nc2ccc(O)c(C(=O)O)c2)cc1S(=O)(=O)O. The molecule has 12 nitrogen and oxygen atoms in total. The van der Waals surface area contributed by atoms with Crippen molar-refractivity contribution in [1.82, 2.24) is 0 Å². The molecule has 0 bridgehead atoms. The number of hydrogen-bond acceptors (Lipinski definition) is 9. The molecule has 2 aromatic carbocycles. The van der Waals surface area contributed by atoms with Gasteiger partial charge >= 0.3 is 5.97 Å². The van der Waals surface area contributed by atoms with Gasteiger partial charge in [0.05, 0.1) is 17.1 Å². The first kappa shape index (κ1) is 20.2. The molecule has 0 heterocycles. The summed E-state index contributed by atoms with van der Waals surface area (Å²) in [5, 5.41) is 25.5. The van der Waals surface area contributed by atoms with Crippen LogP contribution in [0.2, 0.25) is 0 Å². The number of azo groups is 1. The number of carboxylic acids is 1. The number of hydrogen-bond donors (Lipinski definition) is 5. The van der Waals surface area contributed by atoms with Crippen LogP contribution in [0.4, 0.5) is 17.1 Å². The average Bonchev–Trinajstić information content (AvgIpc) is 2.52. The van der Waals surface area contributed by atoms with Gasteiger partial charge in [-0.1, -0.05) is 0 Å². The lowest BCUT2D eigenvalue weighted by molar-refractivity contribution is 0.0693. The van der Waals surface area contributed by atoms with E-state index >= 15 is 0 Å². The van der Waals surface area contributed by atoms with Crippen molar-refractivity contribution in [3.8, 4) is 5.75 Å². The van der Waals surface area contributed by atoms with Gasteiger partial charge in [-0.3, -0.25) is 9.11 Å². The minimum Gasteiger partial charge on any atom is -0.507 e. The summed E-state index contributed by atoms with van der Waals surface area (Å²) in [6.07, 6.45) is 0. The number of rotatable bonds is 5. The van der Waals surface area contributed by atoms with Gasteiger partial charge in [-0.2, -0.15) is 27.1 Å². The Bertz CT molecular complexity index is 1120. The largest absolute Gasteiger partial charge is 0.507 e. The number of carboxylic acid groups (broad SMARTS) is 1. The van der Waals surface area contributed by atoms with Crippen molar-refractivity contribution >= 4 is 43.3 Å². The maximum absolute atomic E-state index is 11.4. The van der Waals surface area contributed by atoms with Crippen LogP contribution in [0.25, 0.3) is 0 Å². The Labute approximate surface area is 152 Å². The number of anilines is 1. The van der Waals surface area contributed by atoms with E-state index in [4.69, 9.17) is 19.9 Å². The van der Waals surface area contributed by atoms with Crippen molar-refractivity contribution in [1.29, 1.82) is 0 Å².